The van der Waals surface area contributed by atoms with Crippen LogP contribution in [0.15, 0.2) is 24.3 Å². The van der Waals surface area contributed by atoms with Crippen molar-refractivity contribution in [3.63, 3.8) is 0 Å². The Bertz CT molecular complexity index is 473. The van der Waals surface area contributed by atoms with Crippen molar-refractivity contribution in [2.75, 3.05) is 24.5 Å². The Morgan fingerprint density at radius 1 is 1.20 bits per heavy atom. The van der Waals surface area contributed by atoms with Crippen LogP contribution in [0.3, 0.4) is 0 Å². The van der Waals surface area contributed by atoms with Crippen LogP contribution < -0.4 is 4.90 Å². The van der Waals surface area contributed by atoms with Crippen molar-refractivity contribution < 1.29 is 14.0 Å². The molecular weight excluding hydrogens is 259 g/mol. The van der Waals surface area contributed by atoms with Crippen molar-refractivity contribution in [3.8, 4) is 0 Å². The van der Waals surface area contributed by atoms with Gasteiger partial charge in [0.25, 0.3) is 0 Å². The summed E-state index contributed by atoms with van der Waals surface area (Å²) in [6, 6.07) is 5.82. The highest BCUT2D eigenvalue weighted by Gasteiger charge is 2.16. The van der Waals surface area contributed by atoms with Crippen molar-refractivity contribution in [1.29, 1.82) is 0 Å². The SMILES string of the molecule is CCN(CC)C(=O)CCN(C(C)=O)c1cccc(F)c1. The first kappa shape index (κ1) is 16.1. The molecule has 0 unspecified atom stereocenters. The van der Waals surface area contributed by atoms with E-state index in [2.05, 4.69) is 0 Å². The van der Waals surface area contributed by atoms with Crippen LogP contribution in [0.2, 0.25) is 0 Å². The second-order valence-electron chi connectivity index (χ2n) is 4.47. The summed E-state index contributed by atoms with van der Waals surface area (Å²) in [5, 5.41) is 0. The lowest BCUT2D eigenvalue weighted by Crippen LogP contribution is -2.36. The van der Waals surface area contributed by atoms with Crippen LogP contribution in [0.5, 0.6) is 0 Å². The lowest BCUT2D eigenvalue weighted by atomic mass is 10.2. The van der Waals surface area contributed by atoms with Gasteiger partial charge in [0.2, 0.25) is 11.8 Å². The van der Waals surface area contributed by atoms with Gasteiger partial charge in [-0.3, -0.25) is 9.59 Å². The Hall–Kier alpha value is -1.91. The minimum absolute atomic E-state index is 0.00217. The van der Waals surface area contributed by atoms with Gasteiger partial charge in [0.1, 0.15) is 5.82 Å². The average molecular weight is 280 g/mol. The molecule has 4 nitrogen and oxygen atoms in total. The number of amides is 2. The first-order chi connectivity index (χ1) is 9.49. The molecule has 0 saturated carbocycles. The predicted molar refractivity (Wildman–Crippen MR) is 77.0 cm³/mol. The molecular formula is C15H21FN2O2. The number of carbonyl (C=O) groups excluding carboxylic acids is 2. The van der Waals surface area contributed by atoms with Crippen molar-refractivity contribution in [2.45, 2.75) is 27.2 Å². The molecule has 5 heteroatoms. The highest BCUT2D eigenvalue weighted by Crippen LogP contribution is 2.16. The zero-order valence-corrected chi connectivity index (χ0v) is 12.2. The molecule has 0 fully saturated rings. The number of benzene rings is 1. The van der Waals surface area contributed by atoms with Gasteiger partial charge in [-0.2, -0.15) is 0 Å². The number of nitrogens with zero attached hydrogens (tertiary/aromatic N) is 2. The Morgan fingerprint density at radius 3 is 2.35 bits per heavy atom. The third-order valence-electron chi connectivity index (χ3n) is 3.17. The Labute approximate surface area is 119 Å². The number of hydrogen-bond acceptors (Lipinski definition) is 2. The molecule has 0 atom stereocenters. The summed E-state index contributed by atoms with van der Waals surface area (Å²) in [5.41, 5.74) is 0.477. The molecule has 20 heavy (non-hydrogen) atoms. The fourth-order valence-electron chi connectivity index (χ4n) is 2.05. The van der Waals surface area contributed by atoms with Crippen molar-refractivity contribution in [2.24, 2.45) is 0 Å². The molecule has 0 spiro atoms. The van der Waals surface area contributed by atoms with E-state index in [1.165, 1.54) is 24.0 Å². The van der Waals surface area contributed by atoms with E-state index in [1.807, 2.05) is 13.8 Å². The summed E-state index contributed by atoms with van der Waals surface area (Å²) in [5.74, 6) is -0.607. The van der Waals surface area contributed by atoms with E-state index in [0.29, 0.717) is 18.8 Å². The highest BCUT2D eigenvalue weighted by atomic mass is 19.1. The van der Waals surface area contributed by atoms with Crippen LogP contribution in [0.1, 0.15) is 27.2 Å². The molecule has 0 radical (unpaired) electrons. The zero-order valence-electron chi connectivity index (χ0n) is 12.2. The van der Waals surface area contributed by atoms with Gasteiger partial charge < -0.3 is 9.80 Å². The van der Waals surface area contributed by atoms with Crippen LogP contribution in [-0.4, -0.2) is 36.3 Å². The van der Waals surface area contributed by atoms with Crippen molar-refractivity contribution in [1.82, 2.24) is 4.90 Å². The third-order valence-corrected chi connectivity index (χ3v) is 3.17. The molecule has 0 aromatic heterocycles. The molecule has 2 amide bonds. The third kappa shape index (κ3) is 4.33. The van der Waals surface area contributed by atoms with Gasteiger partial charge in [0, 0.05) is 38.7 Å². The number of anilines is 1. The summed E-state index contributed by atoms with van der Waals surface area (Å²) >= 11 is 0. The maximum absolute atomic E-state index is 13.2. The monoisotopic (exact) mass is 280 g/mol. The standard InChI is InChI=1S/C15H21FN2O2/c1-4-17(5-2)15(20)9-10-18(12(3)19)14-8-6-7-13(16)11-14/h6-8,11H,4-5,9-10H2,1-3H3. The molecule has 0 aliphatic heterocycles. The fraction of sp³-hybridized carbons (Fsp3) is 0.467. The lowest BCUT2D eigenvalue weighted by Gasteiger charge is -2.23. The van der Waals surface area contributed by atoms with E-state index in [1.54, 1.807) is 17.0 Å². The average Bonchev–Trinajstić information content (AvgIpc) is 2.40. The van der Waals surface area contributed by atoms with Gasteiger partial charge >= 0.3 is 0 Å². The van der Waals surface area contributed by atoms with E-state index < -0.39 is 5.82 Å². The molecule has 0 saturated heterocycles. The second-order valence-corrected chi connectivity index (χ2v) is 4.47. The summed E-state index contributed by atoms with van der Waals surface area (Å²) in [7, 11) is 0. The van der Waals surface area contributed by atoms with E-state index in [-0.39, 0.29) is 24.8 Å². The smallest absolute Gasteiger partial charge is 0.224 e. The molecule has 1 aromatic carbocycles. The van der Waals surface area contributed by atoms with Crippen LogP contribution in [0.4, 0.5) is 10.1 Å². The van der Waals surface area contributed by atoms with Crippen LogP contribution in [-0.2, 0) is 9.59 Å². The van der Waals surface area contributed by atoms with E-state index in [4.69, 9.17) is 0 Å². The van der Waals surface area contributed by atoms with E-state index >= 15 is 0 Å². The molecule has 0 aliphatic carbocycles. The molecule has 1 aromatic rings. The summed E-state index contributed by atoms with van der Waals surface area (Å²) < 4.78 is 13.2. The van der Waals surface area contributed by atoms with Crippen molar-refractivity contribution in [3.05, 3.63) is 30.1 Å². The van der Waals surface area contributed by atoms with E-state index in [0.717, 1.165) is 0 Å². The molecule has 1 rings (SSSR count). The summed E-state index contributed by atoms with van der Waals surface area (Å²) in [6.07, 6.45) is 0.234. The fourth-order valence-corrected chi connectivity index (χ4v) is 2.05. The molecule has 0 aliphatic rings. The lowest BCUT2D eigenvalue weighted by molar-refractivity contribution is -0.130. The van der Waals surface area contributed by atoms with Gasteiger partial charge in [-0.05, 0) is 32.0 Å². The van der Waals surface area contributed by atoms with Crippen LogP contribution in [0, 0.1) is 5.82 Å². The Morgan fingerprint density at radius 2 is 1.85 bits per heavy atom. The first-order valence-corrected chi connectivity index (χ1v) is 6.81. The van der Waals surface area contributed by atoms with Crippen LogP contribution >= 0.6 is 0 Å². The zero-order chi connectivity index (χ0) is 15.1. The van der Waals surface area contributed by atoms with Gasteiger partial charge in [0.05, 0.1) is 0 Å². The molecule has 110 valence electrons. The molecule has 0 N–H and O–H groups in total. The topological polar surface area (TPSA) is 40.6 Å². The van der Waals surface area contributed by atoms with Crippen molar-refractivity contribution >= 4 is 17.5 Å². The number of hydrogen-bond donors (Lipinski definition) is 0. The first-order valence-electron chi connectivity index (χ1n) is 6.81. The second kappa shape index (κ2) is 7.62. The number of halogens is 1. The van der Waals surface area contributed by atoms with Gasteiger partial charge in [0.15, 0.2) is 0 Å². The highest BCUT2D eigenvalue weighted by molar-refractivity contribution is 5.92. The summed E-state index contributed by atoms with van der Waals surface area (Å²) in [4.78, 5) is 26.7. The molecule has 0 heterocycles. The predicted octanol–water partition coefficient (Wildman–Crippen LogP) is 2.44. The molecule has 0 bridgehead atoms. The maximum atomic E-state index is 13.2. The minimum Gasteiger partial charge on any atom is -0.343 e. The number of carbonyl (C=O) groups is 2. The van der Waals surface area contributed by atoms with Gasteiger partial charge in [-0.15, -0.1) is 0 Å². The largest absolute Gasteiger partial charge is 0.343 e. The quantitative estimate of drug-likeness (QED) is 0.803. The normalized spacial score (nSPS) is 10.2. The van der Waals surface area contributed by atoms with E-state index in [9.17, 15) is 14.0 Å². The number of rotatable bonds is 6. The van der Waals surface area contributed by atoms with Gasteiger partial charge in [-0.1, -0.05) is 6.07 Å². The van der Waals surface area contributed by atoms with Gasteiger partial charge in [-0.25, -0.2) is 4.39 Å². The Kier molecular flexibility index (Phi) is 6.15. The van der Waals surface area contributed by atoms with Crippen LogP contribution in [0.25, 0.3) is 0 Å². The maximum Gasteiger partial charge on any atom is 0.224 e. The Balaban J connectivity index is 2.74. The summed E-state index contributed by atoms with van der Waals surface area (Å²) in [6.45, 7) is 6.79. The minimum atomic E-state index is -0.399.